The maximum Gasteiger partial charge on any atom is 0.352 e. The Bertz CT molecular complexity index is 1070. The van der Waals surface area contributed by atoms with Gasteiger partial charge in [0.1, 0.15) is 17.1 Å². The summed E-state index contributed by atoms with van der Waals surface area (Å²) in [5.41, 5.74) is 0.789. The molecule has 4 heterocycles. The summed E-state index contributed by atoms with van der Waals surface area (Å²) in [5.74, 6) is -2.59. The second-order valence-electron chi connectivity index (χ2n) is 6.87. The summed E-state index contributed by atoms with van der Waals surface area (Å²) in [6.45, 7) is 1.66. The molecule has 0 bridgehead atoms. The molecule has 0 saturated carbocycles. The number of rotatable bonds is 6. The van der Waals surface area contributed by atoms with Crippen LogP contribution in [0.3, 0.4) is 0 Å². The van der Waals surface area contributed by atoms with Crippen LogP contribution in [0, 0.1) is 0 Å². The number of carboxylic acids is 1. The number of nitrogens with zero attached hydrogens (tertiary/aromatic N) is 2. The highest BCUT2D eigenvalue weighted by Crippen LogP contribution is 2.40. The van der Waals surface area contributed by atoms with E-state index in [1.54, 1.807) is 24.4 Å². The fraction of sp³-hybridized carbons (Fsp3) is 0.250. The predicted octanol–water partition coefficient (Wildman–Crippen LogP) is 1.80. The van der Waals surface area contributed by atoms with Gasteiger partial charge in [0.15, 0.2) is 0 Å². The van der Waals surface area contributed by atoms with Crippen LogP contribution in [0.4, 0.5) is 0 Å². The number of aliphatic carboxylic acids is 1. The van der Waals surface area contributed by atoms with E-state index >= 15 is 0 Å². The molecule has 0 aliphatic carbocycles. The van der Waals surface area contributed by atoms with Gasteiger partial charge in [-0.1, -0.05) is 6.07 Å². The highest BCUT2D eigenvalue weighted by Gasteiger charge is 2.54. The minimum absolute atomic E-state index is 0.0434. The minimum atomic E-state index is -1.24. The van der Waals surface area contributed by atoms with Crippen LogP contribution in [-0.2, 0) is 19.1 Å². The number of hydrogen-bond donors (Lipinski definition) is 2. The number of β-lactam (4-membered cyclic amide) rings is 1. The molecule has 9 nitrogen and oxygen atoms in total. The van der Waals surface area contributed by atoms with E-state index in [0.717, 1.165) is 0 Å². The lowest BCUT2D eigenvalue weighted by molar-refractivity contribution is -0.151. The van der Waals surface area contributed by atoms with Crippen molar-refractivity contribution in [3.8, 4) is 0 Å². The number of thiophene rings is 1. The first-order valence-electron chi connectivity index (χ1n) is 9.21. The average molecular weight is 460 g/mol. The first-order chi connectivity index (χ1) is 14.9. The van der Waals surface area contributed by atoms with Crippen LogP contribution in [0.2, 0.25) is 0 Å². The van der Waals surface area contributed by atoms with Crippen molar-refractivity contribution in [2.24, 2.45) is 0 Å². The van der Waals surface area contributed by atoms with Gasteiger partial charge in [0.05, 0.1) is 10.4 Å². The summed E-state index contributed by atoms with van der Waals surface area (Å²) in [5, 5.41) is 13.3. The lowest BCUT2D eigenvalue weighted by Gasteiger charge is -2.49. The second kappa shape index (κ2) is 8.52. The molecule has 31 heavy (non-hydrogen) atoms. The molecule has 11 heteroatoms. The molecule has 1 saturated heterocycles. The number of carboxylic acid groups (broad SMARTS) is 1. The van der Waals surface area contributed by atoms with Gasteiger partial charge < -0.3 is 15.2 Å². The number of hydrogen-bond acceptors (Lipinski definition) is 8. The molecule has 160 valence electrons. The van der Waals surface area contributed by atoms with Crippen LogP contribution in [0.1, 0.15) is 28.3 Å². The fourth-order valence-electron chi connectivity index (χ4n) is 3.35. The Morgan fingerprint density at radius 1 is 1.29 bits per heavy atom. The fourth-order valence-corrected chi connectivity index (χ4v) is 5.39. The number of carbonyl (C=O) groups is 4. The van der Waals surface area contributed by atoms with Crippen molar-refractivity contribution in [3.05, 3.63) is 63.7 Å². The molecule has 1 fully saturated rings. The zero-order valence-electron chi connectivity index (χ0n) is 16.2. The number of amides is 2. The van der Waals surface area contributed by atoms with E-state index in [1.165, 1.54) is 52.5 Å². The van der Waals surface area contributed by atoms with Gasteiger partial charge in [-0.05, 0) is 36.1 Å². The van der Waals surface area contributed by atoms with E-state index < -0.39 is 41.3 Å². The number of pyridine rings is 1. The molecule has 2 aliphatic heterocycles. The molecule has 2 aliphatic rings. The molecule has 0 spiro atoms. The molecule has 3 atom stereocenters. The number of nitrogens with one attached hydrogen (secondary N) is 1. The Hall–Kier alpha value is -3.18. The molecular weight excluding hydrogens is 442 g/mol. The Balaban J connectivity index is 1.51. The zero-order valence-corrected chi connectivity index (χ0v) is 17.8. The summed E-state index contributed by atoms with van der Waals surface area (Å²) in [6, 6.07) is 5.43. The molecule has 2 N–H and O–H groups in total. The molecule has 2 unspecified atom stereocenters. The van der Waals surface area contributed by atoms with Crippen molar-refractivity contribution in [1.29, 1.82) is 0 Å². The molecule has 0 aromatic carbocycles. The Labute approximate surface area is 185 Å². The van der Waals surface area contributed by atoms with Crippen LogP contribution in [0.15, 0.2) is 53.3 Å². The zero-order chi connectivity index (χ0) is 22.1. The van der Waals surface area contributed by atoms with Gasteiger partial charge in [-0.3, -0.25) is 19.5 Å². The first kappa shape index (κ1) is 21.1. The second-order valence-corrected chi connectivity index (χ2v) is 8.95. The van der Waals surface area contributed by atoms with Crippen molar-refractivity contribution >= 4 is 46.9 Å². The van der Waals surface area contributed by atoms with Crippen LogP contribution in [0.25, 0.3) is 0 Å². The maximum absolute atomic E-state index is 13.0. The lowest BCUT2D eigenvalue weighted by atomic mass is 10.0. The van der Waals surface area contributed by atoms with Gasteiger partial charge in [-0.25, -0.2) is 9.59 Å². The van der Waals surface area contributed by atoms with Crippen molar-refractivity contribution in [1.82, 2.24) is 15.2 Å². The van der Waals surface area contributed by atoms with Crippen LogP contribution in [0.5, 0.6) is 0 Å². The Kier molecular flexibility index (Phi) is 5.79. The van der Waals surface area contributed by atoms with E-state index in [1.807, 2.05) is 0 Å². The largest absolute Gasteiger partial charge is 0.477 e. The molecular formula is C20H17N3O6S2. The highest BCUT2D eigenvalue weighted by molar-refractivity contribution is 8.00. The summed E-state index contributed by atoms with van der Waals surface area (Å²) in [6.07, 6.45) is 1.63. The third kappa shape index (κ3) is 3.93. The highest BCUT2D eigenvalue weighted by atomic mass is 32.2. The van der Waals surface area contributed by atoms with Crippen molar-refractivity contribution in [2.75, 3.05) is 5.75 Å². The molecule has 0 radical (unpaired) electrons. The van der Waals surface area contributed by atoms with Crippen molar-refractivity contribution in [2.45, 2.75) is 24.4 Å². The third-order valence-electron chi connectivity index (χ3n) is 4.84. The molecule has 2 aromatic heterocycles. The monoisotopic (exact) mass is 459 g/mol. The van der Waals surface area contributed by atoms with E-state index in [0.29, 0.717) is 16.2 Å². The van der Waals surface area contributed by atoms with E-state index in [9.17, 15) is 24.3 Å². The van der Waals surface area contributed by atoms with Crippen LogP contribution < -0.4 is 5.32 Å². The minimum Gasteiger partial charge on any atom is -0.477 e. The van der Waals surface area contributed by atoms with Crippen molar-refractivity contribution < 1.29 is 29.0 Å². The van der Waals surface area contributed by atoms with E-state index in [-0.39, 0.29) is 11.3 Å². The van der Waals surface area contributed by atoms with Gasteiger partial charge in [-0.15, -0.1) is 23.1 Å². The summed E-state index contributed by atoms with van der Waals surface area (Å²) in [7, 11) is 0. The smallest absolute Gasteiger partial charge is 0.352 e. The number of thioether (sulfide) groups is 1. The third-order valence-corrected chi connectivity index (χ3v) is 7.18. The van der Waals surface area contributed by atoms with E-state index in [2.05, 4.69) is 10.3 Å². The number of fused-ring (bicyclic) bond motifs is 1. The molecule has 2 aromatic rings. The quantitative estimate of drug-likeness (QED) is 0.495. The summed E-state index contributed by atoms with van der Waals surface area (Å²) in [4.78, 5) is 55.2. The van der Waals surface area contributed by atoms with Gasteiger partial charge in [0.2, 0.25) is 6.10 Å². The van der Waals surface area contributed by atoms with Gasteiger partial charge >= 0.3 is 11.9 Å². The number of aromatic nitrogens is 1. The standard InChI is InChI=1S/C20H17N3O6S2/c1-10-9-31-18-13(17(25)23(18)14(10)19(26)27)22-16(24)15(12-3-2-8-30-12)29-20(28)11-4-6-21-7-5-11/h2-8,13,15,18H,9H2,1H3,(H,22,24)(H,26,27)/t13?,15?,18-/m1/s1. The van der Waals surface area contributed by atoms with Crippen molar-refractivity contribution in [3.63, 3.8) is 0 Å². The topological polar surface area (TPSA) is 126 Å². The van der Waals surface area contributed by atoms with Gasteiger partial charge in [0, 0.05) is 18.1 Å². The van der Waals surface area contributed by atoms with E-state index in [4.69, 9.17) is 4.74 Å². The first-order valence-corrected chi connectivity index (χ1v) is 11.1. The number of ether oxygens (including phenoxy) is 1. The molecule has 2 amide bonds. The summed E-state index contributed by atoms with van der Waals surface area (Å²) >= 11 is 2.61. The molecule has 4 rings (SSSR count). The van der Waals surface area contributed by atoms with Crippen LogP contribution in [-0.4, -0.2) is 55.9 Å². The maximum atomic E-state index is 13.0. The van der Waals surface area contributed by atoms with Gasteiger partial charge in [0.25, 0.3) is 11.8 Å². The Morgan fingerprint density at radius 3 is 2.68 bits per heavy atom. The number of esters is 1. The van der Waals surface area contributed by atoms with Gasteiger partial charge in [-0.2, -0.15) is 0 Å². The SMILES string of the molecule is CC1=C(C(=O)O)N2C(=O)C(NC(=O)C(OC(=O)c3ccncc3)c3cccs3)[C@H]2SC1. The predicted molar refractivity (Wildman–Crippen MR) is 112 cm³/mol. The Morgan fingerprint density at radius 2 is 2.03 bits per heavy atom. The average Bonchev–Trinajstić information content (AvgIpc) is 3.30. The van der Waals surface area contributed by atoms with Crippen LogP contribution >= 0.6 is 23.1 Å². The lowest BCUT2D eigenvalue weighted by Crippen LogP contribution is -2.70. The number of carbonyl (C=O) groups excluding carboxylic acids is 3. The normalized spacial score (nSPS) is 21.1. The summed E-state index contributed by atoms with van der Waals surface area (Å²) < 4.78 is 5.46.